The standard InChI is InChI=1S/C50H39NO/c1-2-9-34-28-37(21-16-32(34)8-1)51(36-19-17-33(18-20-36)39-12-7-13-42-41-11-4-6-15-48(41)52-49(39)42)38-22-23-46-44(30-38)40-10-3-5-14-45(40)50(46)25-24-31-26-35-29-47(50)43(35)27-31/h1-23,28,30-31,35,43,47H,24-27,29H2. The van der Waals surface area contributed by atoms with E-state index in [1.807, 2.05) is 6.07 Å². The summed E-state index contributed by atoms with van der Waals surface area (Å²) in [6, 6.07) is 56.4. The van der Waals surface area contributed by atoms with Crippen molar-refractivity contribution in [3.8, 4) is 22.3 Å². The third kappa shape index (κ3) is 3.96. The van der Waals surface area contributed by atoms with Gasteiger partial charge >= 0.3 is 0 Å². The molecular weight excluding hydrogens is 631 g/mol. The maximum Gasteiger partial charge on any atom is 0.143 e. The monoisotopic (exact) mass is 669 g/mol. The number of para-hydroxylation sites is 2. The van der Waals surface area contributed by atoms with Crippen LogP contribution < -0.4 is 4.90 Å². The Morgan fingerprint density at radius 1 is 0.538 bits per heavy atom. The third-order valence-electron chi connectivity index (χ3n) is 13.8. The van der Waals surface area contributed by atoms with E-state index < -0.39 is 0 Å². The SMILES string of the molecule is c1ccc2c(c1)-c1cc(N(c3ccc(-c4cccc5c4oc4ccccc45)cc3)c3ccc4ccccc4c3)ccc1C21CCC2CC3CC1C3C2. The number of rotatable bonds is 4. The number of nitrogens with zero attached hydrogens (tertiary/aromatic N) is 1. The van der Waals surface area contributed by atoms with Gasteiger partial charge in [-0.3, -0.25) is 0 Å². The molecule has 0 amide bonds. The van der Waals surface area contributed by atoms with Crippen molar-refractivity contribution in [1.29, 1.82) is 0 Å². The van der Waals surface area contributed by atoms with Gasteiger partial charge in [-0.05, 0) is 137 Å². The second-order valence-electron chi connectivity index (χ2n) is 16.1. The molecule has 5 atom stereocenters. The molecule has 3 fully saturated rings. The molecule has 0 N–H and O–H groups in total. The van der Waals surface area contributed by atoms with Crippen LogP contribution in [0.1, 0.15) is 43.2 Å². The summed E-state index contributed by atoms with van der Waals surface area (Å²) >= 11 is 0. The summed E-state index contributed by atoms with van der Waals surface area (Å²) in [5.74, 6) is 3.58. The van der Waals surface area contributed by atoms with Crippen LogP contribution in [0.25, 0.3) is 55.0 Å². The number of hydrogen-bond acceptors (Lipinski definition) is 2. The summed E-state index contributed by atoms with van der Waals surface area (Å²) in [5.41, 5.74) is 13.9. The van der Waals surface area contributed by atoms with E-state index in [4.69, 9.17) is 4.42 Å². The first-order valence-electron chi connectivity index (χ1n) is 19.3. The van der Waals surface area contributed by atoms with Crippen LogP contribution in [-0.4, -0.2) is 0 Å². The van der Waals surface area contributed by atoms with E-state index in [2.05, 4.69) is 150 Å². The number of furan rings is 1. The van der Waals surface area contributed by atoms with Crippen LogP contribution in [0, 0.1) is 23.7 Å². The zero-order valence-electron chi connectivity index (χ0n) is 29.1. The van der Waals surface area contributed by atoms with E-state index in [1.165, 1.54) is 65.4 Å². The first-order valence-corrected chi connectivity index (χ1v) is 19.3. The average Bonchev–Trinajstić information content (AvgIpc) is 3.79. The predicted octanol–water partition coefficient (Wildman–Crippen LogP) is 13.6. The highest BCUT2D eigenvalue weighted by molar-refractivity contribution is 6.09. The molecule has 2 bridgehead atoms. The lowest BCUT2D eigenvalue weighted by Gasteiger charge is -2.52. The quantitative estimate of drug-likeness (QED) is 0.185. The number of benzene rings is 7. The Kier molecular flexibility index (Phi) is 5.98. The van der Waals surface area contributed by atoms with Crippen LogP contribution in [-0.2, 0) is 5.41 Å². The molecule has 5 unspecified atom stereocenters. The predicted molar refractivity (Wildman–Crippen MR) is 215 cm³/mol. The molecule has 1 heterocycles. The molecule has 52 heavy (non-hydrogen) atoms. The fraction of sp³-hybridized carbons (Fsp3) is 0.200. The minimum absolute atomic E-state index is 0.161. The summed E-state index contributed by atoms with van der Waals surface area (Å²) in [6.07, 6.45) is 7.02. The molecule has 12 rings (SSSR count). The molecule has 0 saturated heterocycles. The summed E-state index contributed by atoms with van der Waals surface area (Å²) in [7, 11) is 0. The first kappa shape index (κ1) is 29.0. The van der Waals surface area contributed by atoms with Crippen molar-refractivity contribution in [3.05, 3.63) is 163 Å². The summed E-state index contributed by atoms with van der Waals surface area (Å²) in [6.45, 7) is 0. The van der Waals surface area contributed by atoms with Gasteiger partial charge < -0.3 is 9.32 Å². The van der Waals surface area contributed by atoms with Gasteiger partial charge in [0.05, 0.1) is 0 Å². The second-order valence-corrected chi connectivity index (χ2v) is 16.1. The van der Waals surface area contributed by atoms with E-state index in [-0.39, 0.29) is 5.41 Å². The van der Waals surface area contributed by atoms with Crippen molar-refractivity contribution in [2.75, 3.05) is 4.90 Å². The summed E-state index contributed by atoms with van der Waals surface area (Å²) in [5, 5.41) is 4.82. The van der Waals surface area contributed by atoms with Crippen molar-refractivity contribution in [2.24, 2.45) is 23.7 Å². The van der Waals surface area contributed by atoms with Gasteiger partial charge in [0.15, 0.2) is 0 Å². The van der Waals surface area contributed by atoms with Gasteiger partial charge in [0.1, 0.15) is 11.2 Å². The Hall–Kier alpha value is -5.60. The minimum atomic E-state index is 0.161. The van der Waals surface area contributed by atoms with Crippen molar-refractivity contribution in [3.63, 3.8) is 0 Å². The molecule has 1 spiro atoms. The van der Waals surface area contributed by atoms with Gasteiger partial charge in [-0.25, -0.2) is 0 Å². The fourth-order valence-corrected chi connectivity index (χ4v) is 11.5. The highest BCUT2D eigenvalue weighted by Gasteiger charge is 2.61. The lowest BCUT2D eigenvalue weighted by atomic mass is 9.51. The number of fused-ring (bicyclic) bond motifs is 11. The van der Waals surface area contributed by atoms with Gasteiger partial charge in [-0.2, -0.15) is 0 Å². The van der Waals surface area contributed by atoms with E-state index >= 15 is 0 Å². The first-order chi connectivity index (χ1) is 25.7. The molecule has 2 nitrogen and oxygen atoms in total. The number of hydrogen-bond donors (Lipinski definition) is 0. The van der Waals surface area contributed by atoms with Crippen molar-refractivity contribution >= 4 is 49.8 Å². The summed E-state index contributed by atoms with van der Waals surface area (Å²) in [4.78, 5) is 2.46. The van der Waals surface area contributed by atoms with Crippen LogP contribution in [0.15, 0.2) is 156 Å². The second kappa shape index (κ2) is 10.7. The molecule has 0 aliphatic heterocycles. The zero-order chi connectivity index (χ0) is 34.0. The number of anilines is 3. The normalized spacial score (nSPS) is 23.8. The smallest absolute Gasteiger partial charge is 0.143 e. The van der Waals surface area contributed by atoms with Crippen LogP contribution >= 0.6 is 0 Å². The van der Waals surface area contributed by atoms with Gasteiger partial charge in [0.25, 0.3) is 0 Å². The highest BCUT2D eigenvalue weighted by Crippen LogP contribution is 2.69. The Morgan fingerprint density at radius 3 is 2.21 bits per heavy atom. The van der Waals surface area contributed by atoms with E-state index in [0.29, 0.717) is 0 Å². The topological polar surface area (TPSA) is 16.4 Å². The lowest BCUT2D eigenvalue weighted by molar-refractivity contribution is 0.0400. The maximum atomic E-state index is 6.44. The molecule has 4 aliphatic carbocycles. The molecule has 4 aliphatic rings. The average molecular weight is 670 g/mol. The van der Waals surface area contributed by atoms with Crippen molar-refractivity contribution < 1.29 is 4.42 Å². The van der Waals surface area contributed by atoms with Crippen LogP contribution in [0.2, 0.25) is 0 Å². The van der Waals surface area contributed by atoms with E-state index in [9.17, 15) is 0 Å². The zero-order valence-corrected chi connectivity index (χ0v) is 29.1. The molecule has 3 saturated carbocycles. The van der Waals surface area contributed by atoms with Crippen molar-refractivity contribution in [1.82, 2.24) is 0 Å². The van der Waals surface area contributed by atoms with E-state index in [1.54, 1.807) is 11.1 Å². The molecule has 8 aromatic rings. The van der Waals surface area contributed by atoms with Crippen molar-refractivity contribution in [2.45, 2.75) is 37.5 Å². The highest BCUT2D eigenvalue weighted by atomic mass is 16.3. The molecule has 7 aromatic carbocycles. The molecule has 0 radical (unpaired) electrons. The van der Waals surface area contributed by atoms with Gasteiger partial charge in [0.2, 0.25) is 0 Å². The van der Waals surface area contributed by atoms with Gasteiger partial charge in [-0.1, -0.05) is 109 Å². The Balaban J connectivity index is 1.01. The molecule has 2 heteroatoms. The largest absolute Gasteiger partial charge is 0.455 e. The Morgan fingerprint density at radius 2 is 1.27 bits per heavy atom. The maximum absolute atomic E-state index is 6.44. The third-order valence-corrected chi connectivity index (χ3v) is 13.8. The lowest BCUT2D eigenvalue weighted by Crippen LogP contribution is -2.47. The molecule has 1 aromatic heterocycles. The van der Waals surface area contributed by atoms with Gasteiger partial charge in [-0.15, -0.1) is 0 Å². The summed E-state index contributed by atoms with van der Waals surface area (Å²) < 4.78 is 6.44. The van der Waals surface area contributed by atoms with Crippen LogP contribution in [0.3, 0.4) is 0 Å². The fourth-order valence-electron chi connectivity index (χ4n) is 11.5. The Labute approximate surface area is 304 Å². The Bertz CT molecular complexity index is 2720. The molecular formula is C50H39NO. The van der Waals surface area contributed by atoms with Crippen LogP contribution in [0.5, 0.6) is 0 Å². The minimum Gasteiger partial charge on any atom is -0.455 e. The molecule has 250 valence electrons. The van der Waals surface area contributed by atoms with E-state index in [0.717, 1.165) is 62.4 Å². The van der Waals surface area contributed by atoms with Gasteiger partial charge in [0, 0.05) is 38.8 Å². The van der Waals surface area contributed by atoms with Crippen LogP contribution in [0.4, 0.5) is 17.1 Å².